The largest absolute Gasteiger partial charge is 0.239 e. The van der Waals surface area contributed by atoms with Gasteiger partial charge in [0.25, 0.3) is 0 Å². The van der Waals surface area contributed by atoms with E-state index in [4.69, 9.17) is 10.4 Å². The molecule has 0 atom stereocenters. The number of nitrogens with zero attached hydrogens (tertiary/aromatic N) is 1. The van der Waals surface area contributed by atoms with E-state index in [0.29, 0.717) is 4.47 Å². The maximum Gasteiger partial charge on any atom is 0.239 e. The monoisotopic (exact) mass is 338 g/mol. The lowest BCUT2D eigenvalue weighted by atomic mass is 10.2. The van der Waals surface area contributed by atoms with Crippen LogP contribution in [0.25, 0.3) is 0 Å². The number of rotatable bonds is 1. The Morgan fingerprint density at radius 3 is 2.36 bits per heavy atom. The second-order valence-corrected chi connectivity index (χ2v) is 5.66. The summed E-state index contributed by atoms with van der Waals surface area (Å²) < 4.78 is 22.9. The predicted molar refractivity (Wildman–Crippen MR) is 57.9 cm³/mol. The number of primary sulfonamides is 1. The second-order valence-electron chi connectivity index (χ2n) is 2.42. The van der Waals surface area contributed by atoms with Gasteiger partial charge in [-0.25, -0.2) is 13.6 Å². The molecule has 1 rings (SSSR count). The molecule has 74 valence electrons. The molecule has 0 amide bonds. The Bertz CT molecular complexity index is 519. The number of benzene rings is 1. The van der Waals surface area contributed by atoms with Crippen LogP contribution in [-0.4, -0.2) is 8.42 Å². The predicted octanol–water partition coefficient (Wildman–Crippen LogP) is 1.73. The molecular formula is C7H4Br2N2O2S. The molecule has 0 bridgehead atoms. The van der Waals surface area contributed by atoms with Crippen LogP contribution in [0.1, 0.15) is 5.56 Å². The van der Waals surface area contributed by atoms with Crippen molar-refractivity contribution >= 4 is 41.9 Å². The highest BCUT2D eigenvalue weighted by molar-refractivity contribution is 9.11. The SMILES string of the molecule is N#Cc1cc(Br)cc(S(N)(=O)=O)c1Br. The lowest BCUT2D eigenvalue weighted by molar-refractivity contribution is 0.597. The van der Waals surface area contributed by atoms with Gasteiger partial charge in [-0.2, -0.15) is 5.26 Å². The van der Waals surface area contributed by atoms with Crippen LogP contribution in [0.2, 0.25) is 0 Å². The minimum absolute atomic E-state index is 0.108. The summed E-state index contributed by atoms with van der Waals surface area (Å²) in [5.74, 6) is 0. The number of halogens is 2. The molecule has 0 aliphatic carbocycles. The molecule has 1 aromatic rings. The third-order valence-corrected chi connectivity index (χ3v) is 3.94. The Hall–Kier alpha value is -0.420. The van der Waals surface area contributed by atoms with Crippen molar-refractivity contribution in [3.05, 3.63) is 26.6 Å². The maximum atomic E-state index is 11.1. The molecule has 2 N–H and O–H groups in total. The lowest BCUT2D eigenvalue weighted by Gasteiger charge is -2.04. The van der Waals surface area contributed by atoms with Crippen LogP contribution in [-0.2, 0) is 10.0 Å². The highest BCUT2D eigenvalue weighted by Crippen LogP contribution is 2.28. The Kier molecular flexibility index (Phi) is 3.32. The third-order valence-electron chi connectivity index (χ3n) is 1.43. The van der Waals surface area contributed by atoms with Gasteiger partial charge >= 0.3 is 0 Å². The van der Waals surface area contributed by atoms with Gasteiger partial charge in [0.05, 0.1) is 14.9 Å². The van der Waals surface area contributed by atoms with Crippen LogP contribution in [0.15, 0.2) is 26.0 Å². The molecule has 14 heavy (non-hydrogen) atoms. The standard InChI is InChI=1S/C7H4Br2N2O2S/c8-5-1-4(3-10)7(9)6(2-5)14(11,12)13/h1-2H,(H2,11,12,13). The first-order valence-corrected chi connectivity index (χ1v) is 6.41. The lowest BCUT2D eigenvalue weighted by Crippen LogP contribution is -2.13. The molecule has 0 aromatic heterocycles. The second kappa shape index (κ2) is 3.98. The maximum absolute atomic E-state index is 11.1. The van der Waals surface area contributed by atoms with Crippen molar-refractivity contribution < 1.29 is 8.42 Å². The minimum atomic E-state index is -3.82. The first-order chi connectivity index (χ1) is 6.36. The summed E-state index contributed by atoms with van der Waals surface area (Å²) in [6, 6.07) is 4.68. The molecule has 0 aliphatic heterocycles. The topological polar surface area (TPSA) is 83.9 Å². The van der Waals surface area contributed by atoms with Gasteiger partial charge in [0.1, 0.15) is 6.07 Å². The van der Waals surface area contributed by atoms with Gasteiger partial charge in [-0.05, 0) is 28.1 Å². The molecule has 0 saturated carbocycles. The van der Waals surface area contributed by atoms with Crippen LogP contribution in [0.3, 0.4) is 0 Å². The van der Waals surface area contributed by atoms with Gasteiger partial charge in [-0.1, -0.05) is 15.9 Å². The van der Waals surface area contributed by atoms with Gasteiger partial charge in [0.15, 0.2) is 0 Å². The number of hydrogen-bond donors (Lipinski definition) is 1. The Labute approximate surface area is 98.0 Å². The highest BCUT2D eigenvalue weighted by atomic mass is 79.9. The zero-order chi connectivity index (χ0) is 10.9. The van der Waals surface area contributed by atoms with Crippen molar-refractivity contribution in [3.8, 4) is 6.07 Å². The Morgan fingerprint density at radius 2 is 1.93 bits per heavy atom. The molecule has 0 saturated heterocycles. The van der Waals surface area contributed by atoms with E-state index in [0.717, 1.165) is 0 Å². The molecule has 4 nitrogen and oxygen atoms in total. The zero-order valence-corrected chi connectivity index (χ0v) is 10.6. The molecular weight excluding hydrogens is 336 g/mol. The number of hydrogen-bond acceptors (Lipinski definition) is 3. The summed E-state index contributed by atoms with van der Waals surface area (Å²) in [6.07, 6.45) is 0. The smallest absolute Gasteiger partial charge is 0.225 e. The van der Waals surface area contributed by atoms with Crippen molar-refractivity contribution in [2.75, 3.05) is 0 Å². The van der Waals surface area contributed by atoms with E-state index in [1.165, 1.54) is 12.1 Å². The summed E-state index contributed by atoms with van der Waals surface area (Å²) in [7, 11) is -3.82. The number of nitriles is 1. The van der Waals surface area contributed by atoms with Crippen LogP contribution in [0.4, 0.5) is 0 Å². The molecule has 0 unspecified atom stereocenters. The highest BCUT2D eigenvalue weighted by Gasteiger charge is 2.16. The average molecular weight is 340 g/mol. The summed E-state index contributed by atoms with van der Waals surface area (Å²) in [6.45, 7) is 0. The molecule has 0 radical (unpaired) electrons. The van der Waals surface area contributed by atoms with E-state index >= 15 is 0 Å². The fourth-order valence-corrected chi connectivity index (χ4v) is 3.11. The number of sulfonamides is 1. The minimum Gasteiger partial charge on any atom is -0.225 e. The van der Waals surface area contributed by atoms with Gasteiger partial charge in [0.2, 0.25) is 10.0 Å². The molecule has 1 aromatic carbocycles. The number of nitrogens with two attached hydrogens (primary N) is 1. The van der Waals surface area contributed by atoms with Crippen LogP contribution in [0.5, 0.6) is 0 Å². The van der Waals surface area contributed by atoms with Crippen molar-refractivity contribution in [1.82, 2.24) is 0 Å². The van der Waals surface area contributed by atoms with Crippen LogP contribution < -0.4 is 5.14 Å². The van der Waals surface area contributed by atoms with E-state index in [2.05, 4.69) is 31.9 Å². The normalized spacial score (nSPS) is 11.0. The van der Waals surface area contributed by atoms with E-state index in [9.17, 15) is 8.42 Å². The fourth-order valence-electron chi connectivity index (χ4n) is 0.853. The fraction of sp³-hybridized carbons (Fsp3) is 0. The molecule has 0 fully saturated rings. The Morgan fingerprint density at radius 1 is 1.36 bits per heavy atom. The first kappa shape index (κ1) is 11.7. The summed E-state index contributed by atoms with van der Waals surface area (Å²) in [4.78, 5) is -0.108. The quantitative estimate of drug-likeness (QED) is 0.845. The van der Waals surface area contributed by atoms with Gasteiger partial charge < -0.3 is 0 Å². The summed E-state index contributed by atoms with van der Waals surface area (Å²) >= 11 is 6.10. The average Bonchev–Trinajstić information content (AvgIpc) is 2.06. The Balaban J connectivity index is 3.64. The zero-order valence-electron chi connectivity index (χ0n) is 6.66. The van der Waals surface area contributed by atoms with Crippen molar-refractivity contribution in [1.29, 1.82) is 5.26 Å². The van der Waals surface area contributed by atoms with Crippen LogP contribution in [0, 0.1) is 11.3 Å². The van der Waals surface area contributed by atoms with Crippen molar-refractivity contribution in [2.45, 2.75) is 4.90 Å². The van der Waals surface area contributed by atoms with E-state index in [1.54, 1.807) is 0 Å². The molecule has 0 heterocycles. The van der Waals surface area contributed by atoms with Crippen LogP contribution >= 0.6 is 31.9 Å². The van der Waals surface area contributed by atoms with Gasteiger partial charge in [-0.3, -0.25) is 0 Å². The van der Waals surface area contributed by atoms with E-state index in [-0.39, 0.29) is 14.9 Å². The summed E-state index contributed by atoms with van der Waals surface area (Å²) in [5, 5.41) is 13.7. The van der Waals surface area contributed by atoms with Gasteiger partial charge in [-0.15, -0.1) is 0 Å². The molecule has 7 heteroatoms. The van der Waals surface area contributed by atoms with Gasteiger partial charge in [0, 0.05) is 4.47 Å². The first-order valence-electron chi connectivity index (χ1n) is 3.28. The van der Waals surface area contributed by atoms with Crippen molar-refractivity contribution in [2.24, 2.45) is 5.14 Å². The summed E-state index contributed by atoms with van der Waals surface area (Å²) in [5.41, 5.74) is 0.211. The van der Waals surface area contributed by atoms with Crippen molar-refractivity contribution in [3.63, 3.8) is 0 Å². The molecule has 0 aliphatic rings. The van der Waals surface area contributed by atoms with E-state index in [1.807, 2.05) is 6.07 Å². The van der Waals surface area contributed by atoms with E-state index < -0.39 is 10.0 Å². The molecule has 0 spiro atoms. The third kappa shape index (κ3) is 2.33.